The minimum absolute atomic E-state index is 0.0251. The molecule has 4 aliphatic carbocycles. The van der Waals surface area contributed by atoms with Crippen molar-refractivity contribution in [2.24, 2.45) is 35.5 Å². The summed E-state index contributed by atoms with van der Waals surface area (Å²) in [6.45, 7) is 0. The van der Waals surface area contributed by atoms with E-state index in [4.69, 9.17) is 4.74 Å². The van der Waals surface area contributed by atoms with Crippen LogP contribution in [-0.4, -0.2) is 11.8 Å². The lowest BCUT2D eigenvalue weighted by molar-refractivity contribution is -0.124. The van der Waals surface area contributed by atoms with Gasteiger partial charge in [-0.1, -0.05) is 42.5 Å². The number of carbonyl (C=O) groups excluding carboxylic acids is 2. The number of carbonyl (C=O) groups is 2. The van der Waals surface area contributed by atoms with E-state index in [0.717, 1.165) is 11.1 Å². The van der Waals surface area contributed by atoms with Crippen LogP contribution >= 0.6 is 0 Å². The molecule has 0 unspecified atom stereocenters. The second-order valence-corrected chi connectivity index (χ2v) is 9.27. The van der Waals surface area contributed by atoms with Crippen molar-refractivity contribution in [1.29, 1.82) is 0 Å². The summed E-state index contributed by atoms with van der Waals surface area (Å²) in [4.78, 5) is 27.9. The summed E-state index contributed by atoms with van der Waals surface area (Å²) in [6.07, 6.45) is 5.58. The van der Waals surface area contributed by atoms with Crippen LogP contribution in [0.15, 0.2) is 78.9 Å². The quantitative estimate of drug-likeness (QED) is 0.443. The van der Waals surface area contributed by atoms with E-state index >= 15 is 0 Å². The molecule has 2 bridgehead atoms. The molecule has 3 aromatic carbocycles. The number of benzene rings is 3. The minimum Gasteiger partial charge on any atom is -0.457 e. The third-order valence-electron chi connectivity index (χ3n) is 7.71. The van der Waals surface area contributed by atoms with Crippen LogP contribution in [0.1, 0.15) is 6.42 Å². The third-order valence-corrected chi connectivity index (χ3v) is 7.71. The molecule has 6 atom stereocenters. The van der Waals surface area contributed by atoms with Crippen molar-refractivity contribution in [3.8, 4) is 11.5 Å². The van der Waals surface area contributed by atoms with E-state index in [1.165, 1.54) is 16.7 Å². The van der Waals surface area contributed by atoms with Gasteiger partial charge in [-0.2, -0.15) is 0 Å². The number of ether oxygens (including phenoxy) is 1. The molecule has 2 saturated carbocycles. The molecule has 4 nitrogen and oxygen atoms in total. The molecule has 3 fully saturated rings. The van der Waals surface area contributed by atoms with Gasteiger partial charge in [0.15, 0.2) is 0 Å². The molecular weight excluding hydrogens is 386 g/mol. The van der Waals surface area contributed by atoms with E-state index in [9.17, 15) is 9.59 Å². The minimum atomic E-state index is -0.167. The molecule has 1 saturated heterocycles. The van der Waals surface area contributed by atoms with Gasteiger partial charge < -0.3 is 4.74 Å². The van der Waals surface area contributed by atoms with Crippen molar-refractivity contribution in [3.05, 3.63) is 78.9 Å². The van der Waals surface area contributed by atoms with E-state index in [2.05, 4.69) is 24.3 Å². The fourth-order valence-electron chi connectivity index (χ4n) is 6.24. The lowest BCUT2D eigenvalue weighted by atomic mass is 9.63. The van der Waals surface area contributed by atoms with Crippen LogP contribution in [0, 0.1) is 35.5 Å². The first-order valence-corrected chi connectivity index (χ1v) is 11.0. The number of imide groups is 1. The summed E-state index contributed by atoms with van der Waals surface area (Å²) in [7, 11) is 0. The highest BCUT2D eigenvalue weighted by atomic mass is 16.5. The first-order chi connectivity index (χ1) is 15.2. The summed E-state index contributed by atoms with van der Waals surface area (Å²) in [5.74, 6) is 2.78. The average Bonchev–Trinajstić information content (AvgIpc) is 3.58. The van der Waals surface area contributed by atoms with Gasteiger partial charge in [-0.05, 0) is 77.3 Å². The highest BCUT2D eigenvalue weighted by Crippen LogP contribution is 2.65. The maximum Gasteiger partial charge on any atom is 0.238 e. The third kappa shape index (κ3) is 2.42. The van der Waals surface area contributed by atoms with Crippen molar-refractivity contribution in [3.63, 3.8) is 0 Å². The Morgan fingerprint density at radius 1 is 0.710 bits per heavy atom. The monoisotopic (exact) mass is 407 g/mol. The number of rotatable bonds is 3. The molecule has 4 heteroatoms. The first-order valence-electron chi connectivity index (χ1n) is 11.0. The molecule has 3 aromatic rings. The molecule has 152 valence electrons. The first kappa shape index (κ1) is 17.3. The molecule has 0 N–H and O–H groups in total. The Morgan fingerprint density at radius 2 is 1.32 bits per heavy atom. The lowest BCUT2D eigenvalue weighted by Crippen LogP contribution is -2.40. The van der Waals surface area contributed by atoms with Gasteiger partial charge in [-0.3, -0.25) is 14.5 Å². The molecule has 31 heavy (non-hydrogen) atoms. The van der Waals surface area contributed by atoms with Gasteiger partial charge in [-0.15, -0.1) is 0 Å². The number of nitrogens with zero attached hydrogens (tertiary/aromatic N) is 1. The number of hydrogen-bond donors (Lipinski definition) is 0. The Bertz CT molecular complexity index is 1240. The standard InChI is InChI=1S/C27H21NO3/c29-26-24-20-11-12-21(23-14-22(20)23)25(24)27(30)28(26)17-6-9-18(10-7-17)31-19-8-5-15-3-1-2-4-16(15)13-19/h1-13,20-25H,14H2/t20-,21-,22-,23-,24-,25+/m1/s1. The molecular formula is C27H21NO3. The van der Waals surface area contributed by atoms with Gasteiger partial charge in [0.25, 0.3) is 0 Å². The second kappa shape index (κ2) is 6.07. The van der Waals surface area contributed by atoms with Gasteiger partial charge in [0.1, 0.15) is 11.5 Å². The number of allylic oxidation sites excluding steroid dienone is 2. The lowest BCUT2D eigenvalue weighted by Gasteiger charge is -2.37. The van der Waals surface area contributed by atoms with Crippen LogP contribution < -0.4 is 9.64 Å². The molecule has 1 aliphatic heterocycles. The molecule has 0 spiro atoms. The van der Waals surface area contributed by atoms with Crippen LogP contribution in [0.3, 0.4) is 0 Å². The van der Waals surface area contributed by atoms with E-state index in [-0.39, 0.29) is 35.5 Å². The number of amides is 2. The Balaban J connectivity index is 1.15. The summed E-state index contributed by atoms with van der Waals surface area (Å²) >= 11 is 0. The zero-order valence-corrected chi connectivity index (χ0v) is 16.8. The van der Waals surface area contributed by atoms with Crippen molar-refractivity contribution in [2.75, 3.05) is 4.90 Å². The molecule has 0 aromatic heterocycles. The SMILES string of the molecule is O=C1[C@@H]2[C@@H]3C=C[C@H]([C@H]4C[C@H]34)[C@@H]2C(=O)N1c1ccc(Oc2ccc3ccccc3c2)cc1. The summed E-state index contributed by atoms with van der Waals surface area (Å²) in [5.41, 5.74) is 0.642. The summed E-state index contributed by atoms with van der Waals surface area (Å²) < 4.78 is 6.02. The highest BCUT2D eigenvalue weighted by molar-refractivity contribution is 6.22. The van der Waals surface area contributed by atoms with Crippen molar-refractivity contribution in [1.82, 2.24) is 0 Å². The summed E-state index contributed by atoms with van der Waals surface area (Å²) in [5, 5.41) is 2.28. The van der Waals surface area contributed by atoms with Gasteiger partial charge in [0.05, 0.1) is 17.5 Å². The van der Waals surface area contributed by atoms with E-state index in [1.807, 2.05) is 54.6 Å². The van der Waals surface area contributed by atoms with Gasteiger partial charge in [0.2, 0.25) is 11.8 Å². The van der Waals surface area contributed by atoms with Crippen molar-refractivity contribution in [2.45, 2.75) is 6.42 Å². The average molecular weight is 407 g/mol. The molecule has 2 amide bonds. The number of anilines is 1. The predicted octanol–water partition coefficient (Wildman–Crippen LogP) is 5.19. The molecule has 8 rings (SSSR count). The fraction of sp³-hybridized carbons (Fsp3) is 0.259. The van der Waals surface area contributed by atoms with E-state index in [0.29, 0.717) is 23.3 Å². The maximum atomic E-state index is 13.2. The predicted molar refractivity (Wildman–Crippen MR) is 118 cm³/mol. The highest BCUT2D eigenvalue weighted by Gasteiger charge is 2.67. The zero-order valence-electron chi connectivity index (χ0n) is 16.8. The second-order valence-electron chi connectivity index (χ2n) is 9.27. The Kier molecular flexibility index (Phi) is 3.39. The molecule has 0 radical (unpaired) electrons. The molecule has 1 heterocycles. The van der Waals surface area contributed by atoms with Gasteiger partial charge in [0, 0.05) is 0 Å². The number of hydrogen-bond acceptors (Lipinski definition) is 3. The van der Waals surface area contributed by atoms with Crippen LogP contribution in [-0.2, 0) is 9.59 Å². The zero-order chi connectivity index (χ0) is 20.7. The normalized spacial score (nSPS) is 32.3. The topological polar surface area (TPSA) is 46.6 Å². The van der Waals surface area contributed by atoms with Crippen LogP contribution in [0.2, 0.25) is 0 Å². The maximum absolute atomic E-state index is 13.2. The summed E-state index contributed by atoms with van der Waals surface area (Å²) in [6, 6.07) is 21.4. The Labute approximate surface area is 180 Å². The van der Waals surface area contributed by atoms with Crippen molar-refractivity contribution < 1.29 is 14.3 Å². The molecule has 5 aliphatic rings. The Hall–Kier alpha value is -3.40. The van der Waals surface area contributed by atoms with Crippen LogP contribution in [0.25, 0.3) is 10.8 Å². The Morgan fingerprint density at radius 3 is 2.00 bits per heavy atom. The van der Waals surface area contributed by atoms with E-state index < -0.39 is 0 Å². The largest absolute Gasteiger partial charge is 0.457 e. The smallest absolute Gasteiger partial charge is 0.238 e. The van der Waals surface area contributed by atoms with Gasteiger partial charge >= 0.3 is 0 Å². The van der Waals surface area contributed by atoms with E-state index in [1.54, 1.807) is 0 Å². The van der Waals surface area contributed by atoms with Crippen LogP contribution in [0.4, 0.5) is 5.69 Å². The van der Waals surface area contributed by atoms with Crippen LogP contribution in [0.5, 0.6) is 11.5 Å². The van der Waals surface area contributed by atoms with Gasteiger partial charge in [-0.25, -0.2) is 0 Å². The van der Waals surface area contributed by atoms with Crippen molar-refractivity contribution >= 4 is 28.3 Å². The fourth-order valence-corrected chi connectivity index (χ4v) is 6.24. The number of fused-ring (bicyclic) bond motifs is 1.